The van der Waals surface area contributed by atoms with Gasteiger partial charge in [-0.3, -0.25) is 0 Å². The van der Waals surface area contributed by atoms with Crippen LogP contribution >= 0.6 is 26.9 Å². The summed E-state index contributed by atoms with van der Waals surface area (Å²) in [6.45, 7) is 2.58. The maximum atomic E-state index is 5.87. The topological polar surface area (TPSA) is 9.23 Å². The predicted octanol–water partition coefficient (Wildman–Crippen LogP) is 2.95. The zero-order valence-corrected chi connectivity index (χ0v) is 11.6. The molecule has 0 radical (unpaired) electrons. The van der Waals surface area contributed by atoms with Crippen LogP contribution in [0.5, 0.6) is 5.75 Å². The van der Waals surface area contributed by atoms with Crippen LogP contribution in [0.15, 0.2) is 24.3 Å². The van der Waals surface area contributed by atoms with Crippen molar-refractivity contribution in [2.45, 2.75) is 6.92 Å². The Morgan fingerprint density at radius 2 is 1.69 bits per heavy atom. The molecule has 5 heteroatoms. The second kappa shape index (κ2) is 4.96. The summed E-state index contributed by atoms with van der Waals surface area (Å²) in [6.07, 6.45) is 0. The summed E-state index contributed by atoms with van der Waals surface area (Å²) >= 11 is -3.22. The Balaban J connectivity index is 2.81. The predicted molar refractivity (Wildman–Crippen MR) is 60.6 cm³/mol. The molecular weight excluding hydrogens is 346 g/mol. The monoisotopic (exact) mass is 356 g/mol. The number of hydrogen-bond acceptors (Lipinski definition) is 1. The number of rotatable bonds is 3. The molecule has 0 aliphatic carbocycles. The second-order valence-corrected chi connectivity index (χ2v) is 18.5. The summed E-state index contributed by atoms with van der Waals surface area (Å²) in [6, 6.07) is 7.29. The fourth-order valence-electron chi connectivity index (χ4n) is 0.857. The van der Waals surface area contributed by atoms with E-state index in [9.17, 15) is 0 Å². The second-order valence-electron chi connectivity index (χ2n) is 2.31. The minimum atomic E-state index is -3.22. The molecular formula is C8H9Cl3OTe. The number of benzene rings is 1. The molecule has 0 aromatic heterocycles. The SMILES string of the molecule is CCOc1ccc([Te](Cl)(Cl)Cl)cc1. The van der Waals surface area contributed by atoms with Crippen molar-refractivity contribution < 1.29 is 4.74 Å². The molecule has 0 heterocycles. The van der Waals surface area contributed by atoms with Gasteiger partial charge in [0.25, 0.3) is 0 Å². The molecule has 0 N–H and O–H groups in total. The summed E-state index contributed by atoms with van der Waals surface area (Å²) < 4.78 is 6.10. The third-order valence-electron chi connectivity index (χ3n) is 1.40. The molecule has 13 heavy (non-hydrogen) atoms. The van der Waals surface area contributed by atoms with Gasteiger partial charge in [-0.2, -0.15) is 0 Å². The zero-order chi connectivity index (χ0) is 9.90. The van der Waals surface area contributed by atoms with Gasteiger partial charge >= 0.3 is 93.6 Å². The van der Waals surface area contributed by atoms with Crippen molar-refractivity contribution in [3.05, 3.63) is 24.3 Å². The summed E-state index contributed by atoms with van der Waals surface area (Å²) in [5.41, 5.74) is 0. The Bertz CT molecular complexity index is 268. The van der Waals surface area contributed by atoms with E-state index < -0.39 is 14.8 Å². The van der Waals surface area contributed by atoms with Gasteiger partial charge in [-0.05, 0) is 0 Å². The van der Waals surface area contributed by atoms with Gasteiger partial charge in [-0.1, -0.05) is 0 Å². The van der Waals surface area contributed by atoms with E-state index in [0.29, 0.717) is 6.61 Å². The van der Waals surface area contributed by atoms with Crippen LogP contribution in [0.25, 0.3) is 0 Å². The van der Waals surface area contributed by atoms with Crippen molar-refractivity contribution in [3.8, 4) is 5.75 Å². The molecule has 1 aromatic rings. The van der Waals surface area contributed by atoms with Gasteiger partial charge < -0.3 is 0 Å². The average molecular weight is 355 g/mol. The van der Waals surface area contributed by atoms with E-state index in [0.717, 1.165) is 9.36 Å². The van der Waals surface area contributed by atoms with E-state index in [4.69, 9.17) is 31.6 Å². The third kappa shape index (κ3) is 3.73. The first-order valence-electron chi connectivity index (χ1n) is 3.69. The Morgan fingerprint density at radius 1 is 1.15 bits per heavy atom. The van der Waals surface area contributed by atoms with Crippen LogP contribution in [0, 0.1) is 0 Å². The quantitative estimate of drug-likeness (QED) is 0.758. The summed E-state index contributed by atoms with van der Waals surface area (Å²) in [5.74, 6) is 0.809. The first-order valence-corrected chi connectivity index (χ1v) is 13.7. The molecule has 0 bridgehead atoms. The van der Waals surface area contributed by atoms with E-state index in [-0.39, 0.29) is 0 Å². The van der Waals surface area contributed by atoms with Crippen LogP contribution in [-0.2, 0) is 0 Å². The van der Waals surface area contributed by atoms with Crippen LogP contribution in [0.1, 0.15) is 6.92 Å². The minimum absolute atomic E-state index is 0.648. The fourth-order valence-corrected chi connectivity index (χ4v) is 4.20. The van der Waals surface area contributed by atoms with Crippen LogP contribution in [-0.4, -0.2) is 21.4 Å². The zero-order valence-electron chi connectivity index (χ0n) is 6.97. The van der Waals surface area contributed by atoms with Crippen molar-refractivity contribution in [1.29, 1.82) is 0 Å². The van der Waals surface area contributed by atoms with E-state index in [1.165, 1.54) is 0 Å². The molecule has 0 saturated heterocycles. The van der Waals surface area contributed by atoms with E-state index in [2.05, 4.69) is 0 Å². The molecule has 1 aromatic carbocycles. The molecule has 0 spiro atoms. The Kier molecular flexibility index (Phi) is 4.48. The Morgan fingerprint density at radius 3 is 2.08 bits per heavy atom. The molecule has 1 rings (SSSR count). The normalized spacial score (nSPS) is 12.6. The number of halogens is 3. The van der Waals surface area contributed by atoms with Gasteiger partial charge in [0.05, 0.1) is 0 Å². The standard InChI is InChI=1S/C8H9Cl3OTe/c1-2-12-7-3-5-8(6-4-7)13(9,10)11/h3-6H,2H2,1H3. The number of ether oxygens (including phenoxy) is 1. The van der Waals surface area contributed by atoms with E-state index in [1.807, 2.05) is 31.2 Å². The van der Waals surface area contributed by atoms with Crippen molar-refractivity contribution in [1.82, 2.24) is 0 Å². The molecule has 74 valence electrons. The summed E-state index contributed by atoms with van der Waals surface area (Å²) in [4.78, 5) is 0. The van der Waals surface area contributed by atoms with Crippen molar-refractivity contribution in [3.63, 3.8) is 0 Å². The van der Waals surface area contributed by atoms with Gasteiger partial charge in [-0.15, -0.1) is 0 Å². The van der Waals surface area contributed by atoms with E-state index in [1.54, 1.807) is 0 Å². The Labute approximate surface area is 93.0 Å². The molecule has 0 unspecified atom stereocenters. The van der Waals surface area contributed by atoms with Crippen molar-refractivity contribution in [2.75, 3.05) is 6.61 Å². The molecule has 0 saturated carbocycles. The van der Waals surface area contributed by atoms with Gasteiger partial charge in [0.1, 0.15) is 0 Å². The van der Waals surface area contributed by atoms with Gasteiger partial charge in [0, 0.05) is 0 Å². The van der Waals surface area contributed by atoms with Crippen molar-refractivity contribution in [2.24, 2.45) is 0 Å². The van der Waals surface area contributed by atoms with Crippen LogP contribution < -0.4 is 8.35 Å². The molecule has 0 amide bonds. The molecule has 0 aliphatic rings. The fraction of sp³-hybridized carbons (Fsp3) is 0.250. The first-order chi connectivity index (χ1) is 6.04. The summed E-state index contributed by atoms with van der Waals surface area (Å²) in [7, 11) is 17.6. The van der Waals surface area contributed by atoms with Crippen molar-refractivity contribution >= 4 is 45.3 Å². The Hall–Kier alpha value is 0.680. The molecule has 0 atom stereocenters. The molecule has 0 aliphatic heterocycles. The third-order valence-corrected chi connectivity index (χ3v) is 7.29. The first kappa shape index (κ1) is 11.8. The molecule has 0 fully saturated rings. The van der Waals surface area contributed by atoms with Crippen LogP contribution in [0.2, 0.25) is 0 Å². The summed E-state index contributed by atoms with van der Waals surface area (Å²) in [5, 5.41) is 0. The average Bonchev–Trinajstić information content (AvgIpc) is 2.04. The van der Waals surface area contributed by atoms with Gasteiger partial charge in [0.2, 0.25) is 0 Å². The molecule has 1 nitrogen and oxygen atoms in total. The van der Waals surface area contributed by atoms with Gasteiger partial charge in [-0.25, -0.2) is 0 Å². The van der Waals surface area contributed by atoms with E-state index >= 15 is 0 Å². The van der Waals surface area contributed by atoms with Crippen LogP contribution in [0.4, 0.5) is 0 Å². The number of hydrogen-bond donors (Lipinski definition) is 0. The van der Waals surface area contributed by atoms with Crippen LogP contribution in [0.3, 0.4) is 0 Å². The van der Waals surface area contributed by atoms with Gasteiger partial charge in [0.15, 0.2) is 0 Å². The maximum absolute atomic E-state index is 5.87.